The number of nitrogens with zero attached hydrogens (tertiary/aromatic N) is 1. The molecule has 0 aromatic heterocycles. The number of aliphatic carboxylic acids is 1. The molecule has 2 aromatic rings. The first kappa shape index (κ1) is 16.2. The van der Waals surface area contributed by atoms with Gasteiger partial charge in [-0.25, -0.2) is 0 Å². The van der Waals surface area contributed by atoms with Gasteiger partial charge in [0.1, 0.15) is 6.04 Å². The second kappa shape index (κ2) is 7.73. The lowest BCUT2D eigenvalue weighted by Crippen LogP contribution is -2.47. The Morgan fingerprint density at radius 3 is 1.68 bits per heavy atom. The quantitative estimate of drug-likeness (QED) is 0.825. The summed E-state index contributed by atoms with van der Waals surface area (Å²) in [4.78, 5) is 13.4. The maximum absolute atomic E-state index is 11.6. The lowest BCUT2D eigenvalue weighted by molar-refractivity contribution is -0.148. The minimum atomic E-state index is -1.01. The van der Waals surface area contributed by atoms with E-state index in [9.17, 15) is 15.0 Å². The molecule has 0 saturated carbocycles. The zero-order chi connectivity index (χ0) is 15.9. The summed E-state index contributed by atoms with van der Waals surface area (Å²) in [6, 6.07) is 18.4. The van der Waals surface area contributed by atoms with Crippen LogP contribution in [0.5, 0.6) is 0 Å². The second-order valence-electron chi connectivity index (χ2n) is 5.40. The van der Waals surface area contributed by atoms with Crippen molar-refractivity contribution in [2.75, 3.05) is 0 Å². The number of carbonyl (C=O) groups is 1. The SMILES string of the molecule is C[C@@H](O)[C@@H](C(=O)O)N(Cc1ccccc1)Cc1ccccc1. The van der Waals surface area contributed by atoms with Crippen LogP contribution in [-0.4, -0.2) is 33.2 Å². The van der Waals surface area contributed by atoms with Crippen molar-refractivity contribution in [1.29, 1.82) is 0 Å². The number of aliphatic hydroxyl groups is 1. The average Bonchev–Trinajstić information content (AvgIpc) is 2.48. The van der Waals surface area contributed by atoms with E-state index >= 15 is 0 Å². The van der Waals surface area contributed by atoms with Crippen LogP contribution in [0.2, 0.25) is 0 Å². The van der Waals surface area contributed by atoms with Crippen LogP contribution in [0.25, 0.3) is 0 Å². The topological polar surface area (TPSA) is 60.8 Å². The Kier molecular flexibility index (Phi) is 5.69. The van der Waals surface area contributed by atoms with Crippen LogP contribution in [0.1, 0.15) is 18.1 Å². The number of carboxylic acid groups (broad SMARTS) is 1. The molecule has 2 N–H and O–H groups in total. The first-order chi connectivity index (χ1) is 10.6. The van der Waals surface area contributed by atoms with Gasteiger partial charge in [0.2, 0.25) is 0 Å². The Hall–Kier alpha value is -2.17. The van der Waals surface area contributed by atoms with Crippen molar-refractivity contribution in [3.05, 3.63) is 71.8 Å². The Bertz CT molecular complexity index is 542. The normalized spacial score (nSPS) is 13.8. The molecular formula is C18H21NO3. The summed E-state index contributed by atoms with van der Waals surface area (Å²) in [5.41, 5.74) is 2.04. The summed E-state index contributed by atoms with van der Waals surface area (Å²) >= 11 is 0. The highest BCUT2D eigenvalue weighted by atomic mass is 16.4. The van der Waals surface area contributed by atoms with Gasteiger partial charge in [-0.05, 0) is 18.1 Å². The van der Waals surface area contributed by atoms with E-state index < -0.39 is 18.1 Å². The number of aliphatic hydroxyl groups excluding tert-OH is 1. The average molecular weight is 299 g/mol. The van der Waals surface area contributed by atoms with E-state index in [4.69, 9.17) is 0 Å². The van der Waals surface area contributed by atoms with Gasteiger partial charge in [0.25, 0.3) is 0 Å². The van der Waals surface area contributed by atoms with E-state index in [2.05, 4.69) is 0 Å². The zero-order valence-corrected chi connectivity index (χ0v) is 12.6. The fourth-order valence-corrected chi connectivity index (χ4v) is 2.56. The summed E-state index contributed by atoms with van der Waals surface area (Å²) < 4.78 is 0. The largest absolute Gasteiger partial charge is 0.480 e. The van der Waals surface area contributed by atoms with Crippen LogP contribution in [0.4, 0.5) is 0 Å². The Balaban J connectivity index is 2.25. The minimum Gasteiger partial charge on any atom is -0.480 e. The second-order valence-corrected chi connectivity index (χ2v) is 5.40. The third kappa shape index (κ3) is 4.41. The molecule has 4 nitrogen and oxygen atoms in total. The van der Waals surface area contributed by atoms with Gasteiger partial charge in [-0.2, -0.15) is 0 Å². The molecule has 0 heterocycles. The van der Waals surface area contributed by atoms with Crippen molar-refractivity contribution in [3.8, 4) is 0 Å². The Morgan fingerprint density at radius 1 is 0.955 bits per heavy atom. The monoisotopic (exact) mass is 299 g/mol. The predicted molar refractivity (Wildman–Crippen MR) is 85.2 cm³/mol. The molecule has 22 heavy (non-hydrogen) atoms. The minimum absolute atomic E-state index is 0.470. The van der Waals surface area contributed by atoms with Gasteiger partial charge in [0.05, 0.1) is 6.10 Å². The van der Waals surface area contributed by atoms with Crippen molar-refractivity contribution in [2.45, 2.75) is 32.2 Å². The van der Waals surface area contributed by atoms with Crippen LogP contribution < -0.4 is 0 Å². The molecule has 2 rings (SSSR count). The highest BCUT2D eigenvalue weighted by Gasteiger charge is 2.30. The molecule has 0 unspecified atom stereocenters. The molecular weight excluding hydrogens is 278 g/mol. The maximum Gasteiger partial charge on any atom is 0.323 e. The fourth-order valence-electron chi connectivity index (χ4n) is 2.56. The van der Waals surface area contributed by atoms with Gasteiger partial charge >= 0.3 is 5.97 Å². The zero-order valence-electron chi connectivity index (χ0n) is 12.6. The van der Waals surface area contributed by atoms with Gasteiger partial charge in [-0.1, -0.05) is 60.7 Å². The van der Waals surface area contributed by atoms with Crippen molar-refractivity contribution in [1.82, 2.24) is 4.90 Å². The smallest absolute Gasteiger partial charge is 0.323 e. The van der Waals surface area contributed by atoms with Crippen LogP contribution in [-0.2, 0) is 17.9 Å². The fraction of sp³-hybridized carbons (Fsp3) is 0.278. The predicted octanol–water partition coefficient (Wildman–Crippen LogP) is 2.52. The summed E-state index contributed by atoms with van der Waals surface area (Å²) in [6.07, 6.45) is -0.954. The number of carboxylic acids is 1. The van der Waals surface area contributed by atoms with Gasteiger partial charge in [0, 0.05) is 13.1 Å². The first-order valence-corrected chi connectivity index (χ1v) is 7.30. The van der Waals surface area contributed by atoms with Crippen LogP contribution in [0.3, 0.4) is 0 Å². The van der Waals surface area contributed by atoms with E-state index in [-0.39, 0.29) is 0 Å². The molecule has 0 spiro atoms. The molecule has 0 aliphatic rings. The van der Waals surface area contributed by atoms with E-state index in [0.717, 1.165) is 11.1 Å². The third-order valence-corrected chi connectivity index (χ3v) is 3.56. The first-order valence-electron chi connectivity index (χ1n) is 7.30. The van der Waals surface area contributed by atoms with Crippen molar-refractivity contribution in [2.24, 2.45) is 0 Å². The van der Waals surface area contributed by atoms with Crippen molar-refractivity contribution in [3.63, 3.8) is 0 Å². The molecule has 0 aliphatic heterocycles. The standard InChI is InChI=1S/C18H21NO3/c1-14(20)17(18(21)22)19(12-15-8-4-2-5-9-15)13-16-10-6-3-7-11-16/h2-11,14,17,20H,12-13H2,1H3,(H,21,22)/t14-,17+/m1/s1. The maximum atomic E-state index is 11.6. The molecule has 2 aromatic carbocycles. The number of rotatable bonds is 7. The van der Waals surface area contributed by atoms with Gasteiger partial charge < -0.3 is 10.2 Å². The summed E-state index contributed by atoms with van der Waals surface area (Å²) in [6.45, 7) is 2.46. The lowest BCUT2D eigenvalue weighted by atomic mass is 10.1. The number of benzene rings is 2. The molecule has 0 saturated heterocycles. The molecule has 0 aliphatic carbocycles. The van der Waals surface area contributed by atoms with E-state index in [1.807, 2.05) is 60.7 Å². The Morgan fingerprint density at radius 2 is 1.36 bits per heavy atom. The van der Waals surface area contributed by atoms with Crippen LogP contribution in [0, 0.1) is 0 Å². The van der Waals surface area contributed by atoms with E-state index in [1.165, 1.54) is 6.92 Å². The van der Waals surface area contributed by atoms with Gasteiger partial charge in [0.15, 0.2) is 0 Å². The Labute approximate surface area is 130 Å². The molecule has 4 heteroatoms. The number of hydrogen-bond donors (Lipinski definition) is 2. The summed E-state index contributed by atoms with van der Waals surface area (Å²) in [7, 11) is 0. The van der Waals surface area contributed by atoms with Crippen LogP contribution in [0.15, 0.2) is 60.7 Å². The highest BCUT2D eigenvalue weighted by molar-refractivity contribution is 5.74. The van der Waals surface area contributed by atoms with Crippen molar-refractivity contribution >= 4 is 5.97 Å². The molecule has 0 radical (unpaired) electrons. The highest BCUT2D eigenvalue weighted by Crippen LogP contribution is 2.16. The van der Waals surface area contributed by atoms with Crippen molar-refractivity contribution < 1.29 is 15.0 Å². The van der Waals surface area contributed by atoms with E-state index in [1.54, 1.807) is 4.90 Å². The molecule has 2 atom stereocenters. The summed E-state index contributed by atoms with van der Waals surface area (Å²) in [5.74, 6) is -1.01. The molecule has 0 bridgehead atoms. The van der Waals surface area contributed by atoms with Crippen LogP contribution >= 0.6 is 0 Å². The van der Waals surface area contributed by atoms with E-state index in [0.29, 0.717) is 13.1 Å². The van der Waals surface area contributed by atoms with Gasteiger partial charge in [-0.3, -0.25) is 9.69 Å². The van der Waals surface area contributed by atoms with Gasteiger partial charge in [-0.15, -0.1) is 0 Å². The number of hydrogen-bond acceptors (Lipinski definition) is 3. The molecule has 0 amide bonds. The summed E-state index contributed by atoms with van der Waals surface area (Å²) in [5, 5.41) is 19.4. The molecule has 0 fully saturated rings. The molecule has 116 valence electrons. The lowest BCUT2D eigenvalue weighted by Gasteiger charge is -2.30. The third-order valence-electron chi connectivity index (χ3n) is 3.56.